The van der Waals surface area contributed by atoms with Crippen LogP contribution in [0.2, 0.25) is 0 Å². The molecule has 0 heterocycles. The van der Waals surface area contributed by atoms with Crippen molar-refractivity contribution in [2.75, 3.05) is 0 Å². The molecule has 183 valence electrons. The van der Waals surface area contributed by atoms with Crippen LogP contribution in [-0.4, -0.2) is 22.6 Å². The second kappa shape index (κ2) is 15.3. The minimum absolute atomic E-state index is 0.120. The molecule has 0 aliphatic heterocycles. The van der Waals surface area contributed by atoms with Crippen molar-refractivity contribution in [3.05, 3.63) is 130 Å². The van der Waals surface area contributed by atoms with Gasteiger partial charge in [0.1, 0.15) is 5.75 Å². The molecular weight excluding hydrogens is 710 g/mol. The minimum Gasteiger partial charge on any atom is -0.537 e. The fourth-order valence-electron chi connectivity index (χ4n) is 2.74. The summed E-state index contributed by atoms with van der Waals surface area (Å²) in [5, 5.41) is 29.4. The first-order chi connectivity index (χ1) is 17.3. The number of hydrogen-bond acceptors (Lipinski definition) is 6. The fraction of sp³-hybridized carbons (Fsp3) is 0. The van der Waals surface area contributed by atoms with Crippen LogP contribution in [0.25, 0.3) is 11.1 Å². The van der Waals surface area contributed by atoms with Gasteiger partial charge in [-0.3, -0.25) is 20.2 Å². The molecule has 0 amide bonds. The van der Waals surface area contributed by atoms with Gasteiger partial charge in [0, 0.05) is 22.2 Å². The lowest BCUT2D eigenvalue weighted by atomic mass is 10.0. The molecule has 0 fully saturated rings. The summed E-state index contributed by atoms with van der Waals surface area (Å²) in [5.41, 5.74) is 1.74. The SMILES string of the molecule is O=[N+]([O-])c1ccccc1-c1ccccc1Br.O=[N+]([O-])c1ccccc1I.O[B]Oc1ccccc1Br. The molecule has 1 N–H and O–H groups in total. The van der Waals surface area contributed by atoms with Crippen molar-refractivity contribution in [3.63, 3.8) is 0 Å². The molecule has 4 aromatic carbocycles. The van der Waals surface area contributed by atoms with E-state index in [-0.39, 0.29) is 21.2 Å². The van der Waals surface area contributed by atoms with E-state index in [1.54, 1.807) is 42.5 Å². The summed E-state index contributed by atoms with van der Waals surface area (Å²) in [5.74, 6) is 0.602. The average molecular weight is 727 g/mol. The third-order valence-electron chi connectivity index (χ3n) is 4.33. The Balaban J connectivity index is 0.000000200. The normalized spacial score (nSPS) is 9.56. The number of hydrogen-bond donors (Lipinski definition) is 1. The molecule has 12 heteroatoms. The third kappa shape index (κ3) is 9.01. The minimum atomic E-state index is -0.387. The predicted octanol–water partition coefficient (Wildman–Crippen LogP) is 7.58. The molecule has 0 saturated carbocycles. The highest BCUT2D eigenvalue weighted by atomic mass is 127. The largest absolute Gasteiger partial charge is 0.569 e. The van der Waals surface area contributed by atoms with Crippen molar-refractivity contribution in [1.82, 2.24) is 0 Å². The summed E-state index contributed by atoms with van der Waals surface area (Å²) in [7, 11) is 0.653. The molecule has 36 heavy (non-hydrogen) atoms. The Bertz CT molecular complexity index is 1330. The van der Waals surface area contributed by atoms with Gasteiger partial charge in [-0.15, -0.1) is 0 Å². The summed E-state index contributed by atoms with van der Waals surface area (Å²) in [6, 6.07) is 28.1. The molecule has 8 nitrogen and oxygen atoms in total. The van der Waals surface area contributed by atoms with Gasteiger partial charge in [-0.2, -0.15) is 0 Å². The molecule has 0 unspecified atom stereocenters. The lowest BCUT2D eigenvalue weighted by molar-refractivity contribution is -0.385. The van der Waals surface area contributed by atoms with E-state index < -0.39 is 0 Å². The van der Waals surface area contributed by atoms with Gasteiger partial charge in [-0.05, 0) is 68.9 Å². The van der Waals surface area contributed by atoms with Gasteiger partial charge in [0.2, 0.25) is 0 Å². The maximum absolute atomic E-state index is 10.9. The zero-order valence-corrected chi connectivity index (χ0v) is 23.7. The van der Waals surface area contributed by atoms with Gasteiger partial charge in [-0.25, -0.2) is 0 Å². The number of nitro groups is 2. The highest BCUT2D eigenvalue weighted by Crippen LogP contribution is 2.34. The number of para-hydroxylation sites is 3. The molecule has 0 saturated heterocycles. The number of halogens is 3. The summed E-state index contributed by atoms with van der Waals surface area (Å²) in [4.78, 5) is 20.4. The highest BCUT2D eigenvalue weighted by molar-refractivity contribution is 14.1. The lowest BCUT2D eigenvalue weighted by Gasteiger charge is -2.04. The van der Waals surface area contributed by atoms with Crippen molar-refractivity contribution in [3.8, 4) is 16.9 Å². The number of nitro benzene ring substituents is 2. The summed E-state index contributed by atoms with van der Waals surface area (Å²) >= 11 is 8.57. The van der Waals surface area contributed by atoms with Gasteiger partial charge in [0.15, 0.2) is 0 Å². The maximum atomic E-state index is 10.9. The Kier molecular flexibility index (Phi) is 12.5. The molecule has 0 atom stereocenters. The van der Waals surface area contributed by atoms with Crippen LogP contribution in [0.5, 0.6) is 5.75 Å². The van der Waals surface area contributed by atoms with Gasteiger partial charge in [0.05, 0.1) is 23.5 Å². The molecule has 4 rings (SSSR count). The zero-order valence-electron chi connectivity index (χ0n) is 18.3. The zero-order chi connectivity index (χ0) is 26.5. The fourth-order valence-corrected chi connectivity index (χ4v) is 4.20. The Labute approximate surface area is 238 Å². The number of nitrogens with zero attached hydrogens (tertiary/aromatic N) is 2. The molecular formula is C24H17BBr2IN2O6. The van der Waals surface area contributed by atoms with E-state index >= 15 is 0 Å². The van der Waals surface area contributed by atoms with E-state index in [9.17, 15) is 20.2 Å². The van der Waals surface area contributed by atoms with Crippen molar-refractivity contribution in [2.24, 2.45) is 0 Å². The van der Waals surface area contributed by atoms with Crippen LogP contribution < -0.4 is 4.65 Å². The Morgan fingerprint density at radius 1 is 0.694 bits per heavy atom. The highest BCUT2D eigenvalue weighted by Gasteiger charge is 2.15. The average Bonchev–Trinajstić information content (AvgIpc) is 2.87. The Morgan fingerprint density at radius 3 is 1.67 bits per heavy atom. The van der Waals surface area contributed by atoms with Crippen molar-refractivity contribution >= 4 is 73.5 Å². The Morgan fingerprint density at radius 2 is 1.17 bits per heavy atom. The van der Waals surface area contributed by atoms with Gasteiger partial charge < -0.3 is 9.68 Å². The number of rotatable bonds is 5. The molecule has 0 aliphatic rings. The van der Waals surface area contributed by atoms with E-state index in [2.05, 4.69) is 31.9 Å². The molecule has 0 spiro atoms. The van der Waals surface area contributed by atoms with Crippen molar-refractivity contribution in [2.45, 2.75) is 0 Å². The second-order valence-corrected chi connectivity index (χ2v) is 9.49. The van der Waals surface area contributed by atoms with E-state index in [0.29, 0.717) is 22.6 Å². The van der Waals surface area contributed by atoms with Crippen LogP contribution in [0, 0.1) is 23.8 Å². The van der Waals surface area contributed by atoms with Crippen LogP contribution in [0.4, 0.5) is 11.4 Å². The predicted molar refractivity (Wildman–Crippen MR) is 155 cm³/mol. The van der Waals surface area contributed by atoms with Crippen LogP contribution in [0.3, 0.4) is 0 Å². The van der Waals surface area contributed by atoms with Gasteiger partial charge >= 0.3 is 7.69 Å². The van der Waals surface area contributed by atoms with Crippen molar-refractivity contribution < 1.29 is 19.5 Å². The smallest absolute Gasteiger partial charge is 0.537 e. The molecule has 0 aromatic heterocycles. The number of benzene rings is 4. The third-order valence-corrected chi connectivity index (χ3v) is 6.59. The van der Waals surface area contributed by atoms with Crippen LogP contribution >= 0.6 is 54.5 Å². The van der Waals surface area contributed by atoms with E-state index in [4.69, 9.17) is 9.68 Å². The molecule has 0 bridgehead atoms. The second-order valence-electron chi connectivity index (χ2n) is 6.62. The van der Waals surface area contributed by atoms with Crippen LogP contribution in [0.15, 0.2) is 106 Å². The summed E-state index contributed by atoms with van der Waals surface area (Å²) < 4.78 is 7.06. The lowest BCUT2D eigenvalue weighted by Crippen LogP contribution is -1.99. The summed E-state index contributed by atoms with van der Waals surface area (Å²) in [6.45, 7) is 0. The maximum Gasteiger partial charge on any atom is 0.569 e. The topological polar surface area (TPSA) is 116 Å². The first kappa shape index (κ1) is 29.4. The van der Waals surface area contributed by atoms with Crippen molar-refractivity contribution in [1.29, 1.82) is 0 Å². The monoisotopic (exact) mass is 725 g/mol. The van der Waals surface area contributed by atoms with Gasteiger partial charge in [-0.1, -0.05) is 70.5 Å². The van der Waals surface area contributed by atoms with Crippen LogP contribution in [-0.2, 0) is 0 Å². The van der Waals surface area contributed by atoms with E-state index in [0.717, 1.165) is 14.5 Å². The van der Waals surface area contributed by atoms with E-state index in [1.165, 1.54) is 12.1 Å². The quantitative estimate of drug-likeness (QED) is 0.0982. The summed E-state index contributed by atoms with van der Waals surface area (Å²) in [6.07, 6.45) is 0. The molecule has 4 aromatic rings. The van der Waals surface area contributed by atoms with Crippen LogP contribution in [0.1, 0.15) is 0 Å². The van der Waals surface area contributed by atoms with E-state index in [1.807, 2.05) is 65.1 Å². The molecule has 1 radical (unpaired) electrons. The first-order valence-corrected chi connectivity index (χ1v) is 12.7. The first-order valence-electron chi connectivity index (χ1n) is 10.0. The van der Waals surface area contributed by atoms with Gasteiger partial charge in [0.25, 0.3) is 11.4 Å². The molecule has 0 aliphatic carbocycles. The standard InChI is InChI=1S/C12H8BrNO2.C6H5BBrO2.C6H4INO2/c13-11-7-3-1-5-9(11)10-6-2-4-8-12(10)14(15)16;8-5-3-1-2-4-6(5)10-7-9;7-5-3-1-2-4-6(5)8(9)10/h1-8H;1-4,9H;1-4H. The Hall–Kier alpha value is -2.81.